The Morgan fingerprint density at radius 3 is 3.11 bits per heavy atom. The van der Waals surface area contributed by atoms with Gasteiger partial charge in [0, 0.05) is 0 Å². The second kappa shape index (κ2) is 5.55. The van der Waals surface area contributed by atoms with Gasteiger partial charge in [-0.2, -0.15) is 15.3 Å². The van der Waals surface area contributed by atoms with E-state index < -0.39 is 11.3 Å². The normalized spacial score (nSPS) is 21.6. The second-order valence-corrected chi connectivity index (χ2v) is 4.22. The van der Waals surface area contributed by atoms with E-state index in [9.17, 15) is 4.79 Å². The number of nitrogens with one attached hydrogen (secondary N) is 1. The number of halogens is 1. The first-order chi connectivity index (χ1) is 8.66. The van der Waals surface area contributed by atoms with Crippen molar-refractivity contribution in [2.75, 3.05) is 0 Å². The largest absolute Gasteiger partial charge is 0.271 e. The van der Waals surface area contributed by atoms with Crippen LogP contribution in [0.2, 0.25) is 0 Å². The van der Waals surface area contributed by atoms with Crippen molar-refractivity contribution in [1.82, 2.24) is 5.43 Å². The van der Waals surface area contributed by atoms with Gasteiger partial charge in [0.25, 0.3) is 5.91 Å². The molecule has 1 aromatic rings. The molecule has 0 saturated carbocycles. The Bertz CT molecular complexity index is 551. The molecule has 0 radical (unpaired) electrons. The molecule has 1 aliphatic heterocycles. The van der Waals surface area contributed by atoms with Crippen LogP contribution in [0.5, 0.6) is 0 Å². The van der Waals surface area contributed by atoms with Gasteiger partial charge >= 0.3 is 0 Å². The summed E-state index contributed by atoms with van der Waals surface area (Å²) >= 11 is 5.83. The fourth-order valence-electron chi connectivity index (χ4n) is 1.41. The summed E-state index contributed by atoms with van der Waals surface area (Å²) in [6.45, 7) is 2.00. The molecule has 1 heterocycles. The first-order valence-corrected chi connectivity index (χ1v) is 5.75. The maximum absolute atomic E-state index is 11.2. The third-order valence-corrected chi connectivity index (χ3v) is 2.71. The highest BCUT2D eigenvalue weighted by molar-refractivity contribution is 6.54. The average molecular weight is 263 g/mol. The van der Waals surface area contributed by atoms with Gasteiger partial charge in [-0.15, -0.1) is 11.6 Å². The van der Waals surface area contributed by atoms with Gasteiger partial charge in [0.15, 0.2) is 5.38 Å². The average Bonchev–Trinajstić information content (AvgIpc) is 2.35. The predicted molar refractivity (Wildman–Crippen MR) is 72.5 cm³/mol. The van der Waals surface area contributed by atoms with Crippen LogP contribution in [0.3, 0.4) is 0 Å². The summed E-state index contributed by atoms with van der Waals surface area (Å²) in [5.74, 6) is -0.399. The molecule has 1 aliphatic rings. The van der Waals surface area contributed by atoms with Crippen molar-refractivity contribution in [3.05, 3.63) is 35.4 Å². The summed E-state index contributed by atoms with van der Waals surface area (Å²) in [6, 6.07) is 7.82. The van der Waals surface area contributed by atoms with Gasteiger partial charge < -0.3 is 0 Å². The minimum atomic E-state index is -0.850. The van der Waals surface area contributed by atoms with E-state index in [1.807, 2.05) is 31.2 Å². The van der Waals surface area contributed by atoms with E-state index in [1.54, 1.807) is 6.21 Å². The topological polar surface area (TPSA) is 66.2 Å². The molecule has 5 nitrogen and oxygen atoms in total. The molecule has 0 fully saturated rings. The smallest absolute Gasteiger partial charge is 0.264 e. The second-order valence-electron chi connectivity index (χ2n) is 3.78. The van der Waals surface area contributed by atoms with Crippen molar-refractivity contribution in [3.8, 4) is 0 Å². The number of hydrogen-bond donors (Lipinski definition) is 1. The molecule has 0 aliphatic carbocycles. The molecule has 0 spiro atoms. The lowest BCUT2D eigenvalue weighted by Gasteiger charge is -2.10. The Morgan fingerprint density at radius 2 is 2.33 bits per heavy atom. The fourth-order valence-corrected chi connectivity index (χ4v) is 1.56. The van der Waals surface area contributed by atoms with E-state index in [0.29, 0.717) is 5.71 Å². The molecule has 2 rings (SSSR count). The van der Waals surface area contributed by atoms with Gasteiger partial charge in [-0.25, -0.2) is 5.43 Å². The lowest BCUT2D eigenvalue weighted by Crippen LogP contribution is -2.38. The van der Waals surface area contributed by atoms with Gasteiger partial charge in [-0.1, -0.05) is 29.8 Å². The summed E-state index contributed by atoms with van der Waals surface area (Å²) in [6.07, 6.45) is 2.98. The monoisotopic (exact) mass is 262 g/mol. The van der Waals surface area contributed by atoms with Crippen LogP contribution in [0, 0.1) is 6.92 Å². The molecule has 1 atom stereocenters. The minimum Gasteiger partial charge on any atom is -0.271 e. The lowest BCUT2D eigenvalue weighted by molar-refractivity contribution is -0.119. The first-order valence-electron chi connectivity index (χ1n) is 5.31. The van der Waals surface area contributed by atoms with Crippen molar-refractivity contribution in [2.24, 2.45) is 15.3 Å². The van der Waals surface area contributed by atoms with E-state index in [1.165, 1.54) is 6.21 Å². The molecular weight excluding hydrogens is 252 g/mol. The van der Waals surface area contributed by atoms with Crippen LogP contribution in [-0.2, 0) is 4.79 Å². The Hall–Kier alpha value is -2.01. The predicted octanol–water partition coefficient (Wildman–Crippen LogP) is 1.49. The van der Waals surface area contributed by atoms with Gasteiger partial charge in [0.2, 0.25) is 0 Å². The highest BCUT2D eigenvalue weighted by atomic mass is 35.5. The Kier molecular flexibility index (Phi) is 3.84. The Labute approximate surface area is 109 Å². The number of alkyl halides is 1. The van der Waals surface area contributed by atoms with Gasteiger partial charge in [-0.3, -0.25) is 4.79 Å². The van der Waals surface area contributed by atoms with Crippen LogP contribution in [0.1, 0.15) is 11.1 Å². The van der Waals surface area contributed by atoms with E-state index in [2.05, 4.69) is 20.7 Å². The zero-order valence-electron chi connectivity index (χ0n) is 9.67. The first kappa shape index (κ1) is 12.4. The quantitative estimate of drug-likeness (QED) is 0.490. The Balaban J connectivity index is 2.13. The van der Waals surface area contributed by atoms with Crippen LogP contribution in [-0.4, -0.2) is 29.4 Å². The molecule has 0 saturated heterocycles. The highest BCUT2D eigenvalue weighted by Gasteiger charge is 2.23. The summed E-state index contributed by atoms with van der Waals surface area (Å²) in [7, 11) is 0. The summed E-state index contributed by atoms with van der Waals surface area (Å²) in [5.41, 5.74) is 4.64. The summed E-state index contributed by atoms with van der Waals surface area (Å²) < 4.78 is 0. The molecule has 1 amide bonds. The van der Waals surface area contributed by atoms with E-state index in [-0.39, 0.29) is 0 Å². The van der Waals surface area contributed by atoms with Crippen molar-refractivity contribution in [3.63, 3.8) is 0 Å². The van der Waals surface area contributed by atoms with Crippen molar-refractivity contribution >= 4 is 35.6 Å². The van der Waals surface area contributed by atoms with E-state index >= 15 is 0 Å². The molecular formula is C12H11ClN4O. The van der Waals surface area contributed by atoms with Crippen LogP contribution in [0.25, 0.3) is 0 Å². The van der Waals surface area contributed by atoms with Crippen LogP contribution < -0.4 is 5.43 Å². The van der Waals surface area contributed by atoms with Gasteiger partial charge in [-0.05, 0) is 12.5 Å². The third-order valence-electron chi connectivity index (χ3n) is 2.28. The lowest BCUT2D eigenvalue weighted by atomic mass is 10.2. The third kappa shape index (κ3) is 3.01. The minimum absolute atomic E-state index is 0.323. The standard InChI is InChI=1S/C12H11ClN4O/c1-8-3-2-4-9(5-8)6-14-16-10-7-15-17-12(18)11(10)13/h2-7,11H,1H3,(H,17,18)/b14-6-,16-10-. The van der Waals surface area contributed by atoms with Crippen LogP contribution in [0.15, 0.2) is 39.6 Å². The van der Waals surface area contributed by atoms with Crippen molar-refractivity contribution in [2.45, 2.75) is 12.3 Å². The number of amides is 1. The maximum Gasteiger partial charge on any atom is 0.264 e. The number of rotatable bonds is 2. The summed E-state index contributed by atoms with van der Waals surface area (Å²) in [5, 5.41) is 10.5. The fraction of sp³-hybridized carbons (Fsp3) is 0.167. The van der Waals surface area contributed by atoms with Crippen molar-refractivity contribution < 1.29 is 4.79 Å². The molecule has 1 unspecified atom stereocenters. The van der Waals surface area contributed by atoms with Crippen LogP contribution in [0.4, 0.5) is 0 Å². The molecule has 0 bridgehead atoms. The number of carbonyl (C=O) groups is 1. The zero-order valence-corrected chi connectivity index (χ0v) is 10.4. The molecule has 1 N–H and O–H groups in total. The maximum atomic E-state index is 11.2. The Morgan fingerprint density at radius 1 is 1.50 bits per heavy atom. The molecule has 92 valence electrons. The molecule has 1 aromatic carbocycles. The van der Waals surface area contributed by atoms with E-state index in [4.69, 9.17) is 11.6 Å². The number of nitrogens with zero attached hydrogens (tertiary/aromatic N) is 3. The number of aryl methyl sites for hydroxylation is 1. The highest BCUT2D eigenvalue weighted by Crippen LogP contribution is 2.04. The number of hydrazone groups is 1. The van der Waals surface area contributed by atoms with Crippen molar-refractivity contribution in [1.29, 1.82) is 0 Å². The number of carbonyl (C=O) groups excluding carboxylic acids is 1. The van der Waals surface area contributed by atoms with E-state index in [0.717, 1.165) is 11.1 Å². The van der Waals surface area contributed by atoms with Crippen LogP contribution >= 0.6 is 11.6 Å². The zero-order chi connectivity index (χ0) is 13.0. The molecule has 18 heavy (non-hydrogen) atoms. The molecule has 6 heteroatoms. The summed E-state index contributed by atoms with van der Waals surface area (Å²) in [4.78, 5) is 11.2. The van der Waals surface area contributed by atoms with Gasteiger partial charge in [0.1, 0.15) is 5.71 Å². The molecule has 0 aromatic heterocycles. The number of hydrogen-bond acceptors (Lipinski definition) is 4. The SMILES string of the molecule is Cc1cccc(/C=N\N=C2\C=NNC(=O)C2Cl)c1. The number of benzene rings is 1. The van der Waals surface area contributed by atoms with Gasteiger partial charge in [0.05, 0.1) is 12.4 Å².